The fourth-order valence-electron chi connectivity index (χ4n) is 3.69. The van der Waals surface area contributed by atoms with Crippen LogP contribution >= 0.6 is 0 Å². The van der Waals surface area contributed by atoms with Crippen LogP contribution < -0.4 is 0 Å². The van der Waals surface area contributed by atoms with Gasteiger partial charge in [-0.1, -0.05) is 31.2 Å². The van der Waals surface area contributed by atoms with Crippen molar-refractivity contribution in [1.29, 1.82) is 0 Å². The second-order valence-corrected chi connectivity index (χ2v) is 7.14. The van der Waals surface area contributed by atoms with E-state index >= 15 is 0 Å². The maximum atomic E-state index is 4.87. The Morgan fingerprint density at radius 3 is 2.85 bits per heavy atom. The summed E-state index contributed by atoms with van der Waals surface area (Å²) in [6, 6.07) is 8.48. The summed E-state index contributed by atoms with van der Waals surface area (Å²) in [6.45, 7) is 7.03. The first-order valence-corrected chi connectivity index (χ1v) is 8.93. The molecule has 5 rings (SSSR count). The zero-order valence-electron chi connectivity index (χ0n) is 15.1. The van der Waals surface area contributed by atoms with Gasteiger partial charge in [0.1, 0.15) is 5.82 Å². The number of aromatic nitrogens is 6. The molecule has 26 heavy (non-hydrogen) atoms. The molecule has 0 amide bonds. The van der Waals surface area contributed by atoms with Gasteiger partial charge in [-0.05, 0) is 19.4 Å². The molecule has 0 spiro atoms. The summed E-state index contributed by atoms with van der Waals surface area (Å²) >= 11 is 0. The summed E-state index contributed by atoms with van der Waals surface area (Å²) in [6.07, 6.45) is 4.83. The van der Waals surface area contributed by atoms with E-state index in [2.05, 4.69) is 46.9 Å². The molecule has 1 aromatic carbocycles. The fourth-order valence-corrected chi connectivity index (χ4v) is 3.69. The number of imidazole rings is 1. The van der Waals surface area contributed by atoms with Gasteiger partial charge in [0.15, 0.2) is 11.5 Å². The Kier molecular flexibility index (Phi) is 3.22. The molecule has 0 saturated carbocycles. The summed E-state index contributed by atoms with van der Waals surface area (Å²) in [5, 5.41) is 4.70. The van der Waals surface area contributed by atoms with Crippen LogP contribution in [0.3, 0.4) is 0 Å². The van der Waals surface area contributed by atoms with E-state index < -0.39 is 0 Å². The van der Waals surface area contributed by atoms with E-state index in [9.17, 15) is 0 Å². The molecule has 1 atom stereocenters. The van der Waals surface area contributed by atoms with E-state index in [-0.39, 0.29) is 5.92 Å². The quantitative estimate of drug-likeness (QED) is 0.504. The van der Waals surface area contributed by atoms with Crippen LogP contribution in [0, 0.1) is 13.8 Å². The second-order valence-electron chi connectivity index (χ2n) is 7.14. The van der Waals surface area contributed by atoms with Crippen molar-refractivity contribution >= 4 is 5.65 Å². The predicted octanol–water partition coefficient (Wildman–Crippen LogP) is 3.31. The number of hydrogen-bond donors (Lipinski definition) is 0. The second kappa shape index (κ2) is 5.49. The molecular weight excluding hydrogens is 324 g/mol. The Balaban J connectivity index is 1.45. The lowest BCUT2D eigenvalue weighted by atomic mass is 10.1. The van der Waals surface area contributed by atoms with Gasteiger partial charge >= 0.3 is 0 Å². The van der Waals surface area contributed by atoms with E-state index in [1.807, 2.05) is 24.6 Å². The number of benzene rings is 1. The van der Waals surface area contributed by atoms with Crippen LogP contribution in [0.1, 0.15) is 41.3 Å². The third-order valence-corrected chi connectivity index (χ3v) is 5.11. The predicted molar refractivity (Wildman–Crippen MR) is 99.1 cm³/mol. The van der Waals surface area contributed by atoms with Crippen LogP contribution in [0.4, 0.5) is 0 Å². The van der Waals surface area contributed by atoms with Gasteiger partial charge in [-0.25, -0.2) is 14.5 Å². The average molecular weight is 344 g/mol. The maximum absolute atomic E-state index is 4.87. The lowest BCUT2D eigenvalue weighted by molar-refractivity contribution is 0.681. The Morgan fingerprint density at radius 1 is 1.15 bits per heavy atom. The molecular formula is C20H20N6. The van der Waals surface area contributed by atoms with Crippen molar-refractivity contribution in [2.24, 2.45) is 0 Å². The molecule has 6 nitrogen and oxygen atoms in total. The Labute approximate surface area is 151 Å². The molecule has 0 unspecified atom stereocenters. The highest BCUT2D eigenvalue weighted by molar-refractivity contribution is 5.65. The minimum Gasteiger partial charge on any atom is -0.326 e. The number of aryl methyl sites for hydroxylation is 2. The lowest BCUT2D eigenvalue weighted by Gasteiger charge is -2.04. The molecule has 4 heterocycles. The summed E-state index contributed by atoms with van der Waals surface area (Å²) < 4.78 is 4.12. The molecule has 0 aliphatic carbocycles. The van der Waals surface area contributed by atoms with Crippen LogP contribution in [-0.4, -0.2) is 29.1 Å². The van der Waals surface area contributed by atoms with Crippen molar-refractivity contribution in [1.82, 2.24) is 29.1 Å². The number of fused-ring (bicyclic) bond motifs is 4. The Hall–Kier alpha value is -3.02. The minimum absolute atomic E-state index is 0.194. The van der Waals surface area contributed by atoms with Crippen LogP contribution in [0.25, 0.3) is 17.0 Å². The zero-order chi connectivity index (χ0) is 17.8. The summed E-state index contributed by atoms with van der Waals surface area (Å²) in [5.41, 5.74) is 6.42. The molecule has 0 saturated heterocycles. The van der Waals surface area contributed by atoms with Gasteiger partial charge < -0.3 is 4.57 Å². The van der Waals surface area contributed by atoms with Crippen molar-refractivity contribution in [3.05, 3.63) is 65.1 Å². The molecule has 4 aromatic rings. The largest absolute Gasteiger partial charge is 0.326 e. The van der Waals surface area contributed by atoms with Gasteiger partial charge in [-0.15, -0.1) is 0 Å². The van der Waals surface area contributed by atoms with Crippen molar-refractivity contribution in [3.8, 4) is 11.4 Å². The molecule has 6 heteroatoms. The highest BCUT2D eigenvalue weighted by Gasteiger charge is 2.22. The van der Waals surface area contributed by atoms with E-state index in [4.69, 9.17) is 15.1 Å². The minimum atomic E-state index is 0.194. The Bertz CT molecular complexity index is 1100. The highest BCUT2D eigenvalue weighted by atomic mass is 15.3. The number of hydrogen-bond acceptors (Lipinski definition) is 4. The smallest absolute Gasteiger partial charge is 0.177 e. The molecule has 0 bridgehead atoms. The maximum Gasteiger partial charge on any atom is 0.177 e. The molecule has 1 aliphatic heterocycles. The number of rotatable bonds is 3. The fraction of sp³-hybridized carbons (Fsp3) is 0.300. The van der Waals surface area contributed by atoms with Gasteiger partial charge in [0.05, 0.1) is 17.1 Å². The molecule has 130 valence electrons. The third kappa shape index (κ3) is 2.25. The molecule has 1 aliphatic rings. The Morgan fingerprint density at radius 2 is 2.00 bits per heavy atom. The SMILES string of the molecule is Cc1ncc(C)n2nc([C@@H](C)Cc3cn4c(n3)-c3ccccc3C4)nc12. The van der Waals surface area contributed by atoms with E-state index in [1.54, 1.807) is 0 Å². The van der Waals surface area contributed by atoms with Crippen molar-refractivity contribution in [2.75, 3.05) is 0 Å². The van der Waals surface area contributed by atoms with Crippen molar-refractivity contribution < 1.29 is 0 Å². The normalized spacial score (nSPS) is 13.8. The van der Waals surface area contributed by atoms with Gasteiger partial charge in [-0.3, -0.25) is 4.98 Å². The first-order valence-electron chi connectivity index (χ1n) is 8.93. The van der Waals surface area contributed by atoms with Crippen LogP contribution in [0.5, 0.6) is 0 Å². The van der Waals surface area contributed by atoms with Crippen molar-refractivity contribution in [2.45, 2.75) is 39.7 Å². The van der Waals surface area contributed by atoms with Crippen LogP contribution in [0.2, 0.25) is 0 Å². The molecule has 3 aromatic heterocycles. The first kappa shape index (κ1) is 15.3. The molecule has 0 fully saturated rings. The van der Waals surface area contributed by atoms with Crippen LogP contribution in [-0.2, 0) is 13.0 Å². The standard InChI is InChI=1S/C20H20N6/c1-12(18-23-19-14(3)21-9-13(2)26(19)24-18)8-16-11-25-10-15-6-4-5-7-17(15)20(25)22-16/h4-7,9,11-12H,8,10H2,1-3H3/t12-/m0/s1. The lowest BCUT2D eigenvalue weighted by Crippen LogP contribution is -2.02. The highest BCUT2D eigenvalue weighted by Crippen LogP contribution is 2.31. The monoisotopic (exact) mass is 344 g/mol. The molecule has 0 N–H and O–H groups in total. The summed E-state index contributed by atoms with van der Waals surface area (Å²) in [4.78, 5) is 14.0. The van der Waals surface area contributed by atoms with E-state index in [0.717, 1.165) is 47.3 Å². The topological polar surface area (TPSA) is 60.9 Å². The van der Waals surface area contributed by atoms with Crippen molar-refractivity contribution in [3.63, 3.8) is 0 Å². The number of nitrogens with zero attached hydrogens (tertiary/aromatic N) is 6. The van der Waals surface area contributed by atoms with E-state index in [0.29, 0.717) is 0 Å². The summed E-state index contributed by atoms with van der Waals surface area (Å²) in [7, 11) is 0. The van der Waals surface area contributed by atoms with Gasteiger partial charge in [0.2, 0.25) is 0 Å². The van der Waals surface area contributed by atoms with Crippen LogP contribution in [0.15, 0.2) is 36.7 Å². The average Bonchev–Trinajstić information content (AvgIpc) is 3.31. The van der Waals surface area contributed by atoms with Gasteiger partial charge in [-0.2, -0.15) is 5.10 Å². The van der Waals surface area contributed by atoms with E-state index in [1.165, 1.54) is 11.1 Å². The third-order valence-electron chi connectivity index (χ3n) is 5.11. The zero-order valence-corrected chi connectivity index (χ0v) is 15.1. The molecule has 0 radical (unpaired) electrons. The van der Waals surface area contributed by atoms with Gasteiger partial charge in [0, 0.05) is 36.8 Å². The first-order chi connectivity index (χ1) is 12.6. The summed E-state index contributed by atoms with van der Waals surface area (Å²) in [5.74, 6) is 2.11. The van der Waals surface area contributed by atoms with Gasteiger partial charge in [0.25, 0.3) is 0 Å².